The summed E-state index contributed by atoms with van der Waals surface area (Å²) in [6.07, 6.45) is 3.39. The van der Waals surface area contributed by atoms with E-state index in [1.54, 1.807) is 0 Å². The van der Waals surface area contributed by atoms with Crippen LogP contribution in [0.2, 0.25) is 0 Å². The number of imidazole rings is 1. The molecule has 2 aromatic rings. The molecule has 0 fully saturated rings. The zero-order valence-electron chi connectivity index (χ0n) is 11.6. The molecule has 2 N–H and O–H groups in total. The Morgan fingerprint density at radius 3 is 2.67 bits per heavy atom. The van der Waals surface area contributed by atoms with Crippen LogP contribution in [0.25, 0.3) is 11.0 Å². The fourth-order valence-corrected chi connectivity index (χ4v) is 2.24. The molecular weight excluding hydrogens is 222 g/mol. The second kappa shape index (κ2) is 5.11. The lowest BCUT2D eigenvalue weighted by Gasteiger charge is -2.21. The number of unbranched alkanes of at least 4 members (excludes halogenated alkanes) is 1. The maximum Gasteiger partial charge on any atom is 0.109 e. The summed E-state index contributed by atoms with van der Waals surface area (Å²) in [7, 11) is 0. The van der Waals surface area contributed by atoms with E-state index in [4.69, 9.17) is 10.7 Å². The van der Waals surface area contributed by atoms with Gasteiger partial charge in [0.1, 0.15) is 5.82 Å². The molecule has 0 saturated carbocycles. The minimum Gasteiger partial charge on any atom is -0.326 e. The molecule has 2 rings (SSSR count). The third kappa shape index (κ3) is 2.91. The number of aryl methyl sites for hydroxylation is 1. The molecule has 3 heteroatoms. The van der Waals surface area contributed by atoms with E-state index in [1.807, 2.05) is 6.07 Å². The van der Waals surface area contributed by atoms with Crippen molar-refractivity contribution in [2.75, 3.05) is 0 Å². The van der Waals surface area contributed by atoms with E-state index in [0.29, 0.717) is 0 Å². The number of rotatable bonds is 5. The lowest BCUT2D eigenvalue weighted by Crippen LogP contribution is -2.37. The van der Waals surface area contributed by atoms with Gasteiger partial charge in [-0.1, -0.05) is 25.5 Å². The summed E-state index contributed by atoms with van der Waals surface area (Å²) in [5.74, 6) is 1.16. The lowest BCUT2D eigenvalue weighted by atomic mass is 10.1. The number of hydrogen-bond acceptors (Lipinski definition) is 2. The first-order valence-corrected chi connectivity index (χ1v) is 6.74. The Hall–Kier alpha value is -1.35. The summed E-state index contributed by atoms with van der Waals surface area (Å²) in [5, 5.41) is 0. The molecule has 98 valence electrons. The van der Waals surface area contributed by atoms with Crippen molar-refractivity contribution in [2.45, 2.75) is 52.1 Å². The van der Waals surface area contributed by atoms with Crippen LogP contribution < -0.4 is 5.73 Å². The third-order valence-corrected chi connectivity index (χ3v) is 3.05. The molecule has 3 nitrogen and oxygen atoms in total. The largest absolute Gasteiger partial charge is 0.326 e. The first-order chi connectivity index (χ1) is 8.51. The van der Waals surface area contributed by atoms with Crippen LogP contribution in [0, 0.1) is 0 Å². The minimum atomic E-state index is -0.218. The van der Waals surface area contributed by atoms with E-state index >= 15 is 0 Å². The van der Waals surface area contributed by atoms with Crippen LogP contribution in [0.15, 0.2) is 24.3 Å². The average Bonchev–Trinajstić information content (AvgIpc) is 2.63. The average molecular weight is 245 g/mol. The van der Waals surface area contributed by atoms with Gasteiger partial charge in [0.2, 0.25) is 0 Å². The van der Waals surface area contributed by atoms with Gasteiger partial charge < -0.3 is 10.3 Å². The molecule has 0 bridgehead atoms. The highest BCUT2D eigenvalue weighted by Gasteiger charge is 2.17. The highest BCUT2D eigenvalue weighted by molar-refractivity contribution is 5.75. The summed E-state index contributed by atoms with van der Waals surface area (Å²) >= 11 is 0. The molecule has 0 saturated heterocycles. The molecule has 1 heterocycles. The Bertz CT molecular complexity index is 520. The Morgan fingerprint density at radius 1 is 1.28 bits per heavy atom. The Morgan fingerprint density at radius 2 is 2.00 bits per heavy atom. The van der Waals surface area contributed by atoms with Gasteiger partial charge in [-0.05, 0) is 32.4 Å². The van der Waals surface area contributed by atoms with Crippen LogP contribution >= 0.6 is 0 Å². The van der Waals surface area contributed by atoms with Crippen molar-refractivity contribution >= 4 is 11.0 Å². The zero-order valence-corrected chi connectivity index (χ0v) is 11.6. The number of nitrogens with zero attached hydrogens (tertiary/aromatic N) is 2. The van der Waals surface area contributed by atoms with E-state index < -0.39 is 0 Å². The van der Waals surface area contributed by atoms with Gasteiger partial charge in [0.25, 0.3) is 0 Å². The number of nitrogens with two attached hydrogens (primary N) is 1. The summed E-state index contributed by atoms with van der Waals surface area (Å²) in [5.41, 5.74) is 8.22. The predicted octanol–water partition coefficient (Wildman–Crippen LogP) is 3.12. The van der Waals surface area contributed by atoms with Crippen molar-refractivity contribution in [2.24, 2.45) is 5.73 Å². The van der Waals surface area contributed by atoms with E-state index in [1.165, 1.54) is 18.4 Å². The van der Waals surface area contributed by atoms with Gasteiger partial charge in [-0.15, -0.1) is 0 Å². The first-order valence-electron chi connectivity index (χ1n) is 6.74. The zero-order chi connectivity index (χ0) is 13.2. The van der Waals surface area contributed by atoms with Gasteiger partial charge in [0.05, 0.1) is 11.0 Å². The maximum absolute atomic E-state index is 6.17. The summed E-state index contributed by atoms with van der Waals surface area (Å²) in [6.45, 7) is 7.14. The molecule has 0 amide bonds. The molecule has 0 aliphatic carbocycles. The van der Waals surface area contributed by atoms with Gasteiger partial charge in [-0.25, -0.2) is 4.98 Å². The fourth-order valence-electron chi connectivity index (χ4n) is 2.24. The smallest absolute Gasteiger partial charge is 0.109 e. The SMILES string of the molecule is CCCCc1nc2ccccc2n1CC(C)(C)N. The number of hydrogen-bond donors (Lipinski definition) is 1. The van der Waals surface area contributed by atoms with Gasteiger partial charge in [-0.2, -0.15) is 0 Å². The second-order valence-corrected chi connectivity index (χ2v) is 5.70. The number of para-hydroxylation sites is 2. The molecule has 0 atom stereocenters. The molecule has 0 radical (unpaired) electrons. The minimum absolute atomic E-state index is 0.218. The molecule has 0 unspecified atom stereocenters. The molecule has 0 spiro atoms. The van der Waals surface area contributed by atoms with Crippen LogP contribution in [0.4, 0.5) is 0 Å². The van der Waals surface area contributed by atoms with Gasteiger partial charge in [0.15, 0.2) is 0 Å². The molecular formula is C15H23N3. The van der Waals surface area contributed by atoms with E-state index in [-0.39, 0.29) is 5.54 Å². The highest BCUT2D eigenvalue weighted by Crippen LogP contribution is 2.19. The summed E-state index contributed by atoms with van der Waals surface area (Å²) in [4.78, 5) is 4.74. The van der Waals surface area contributed by atoms with Crippen LogP contribution in [0.3, 0.4) is 0 Å². The monoisotopic (exact) mass is 245 g/mol. The van der Waals surface area contributed by atoms with Crippen LogP contribution in [0.1, 0.15) is 39.4 Å². The Balaban J connectivity index is 2.44. The normalized spacial score (nSPS) is 12.2. The topological polar surface area (TPSA) is 43.8 Å². The van der Waals surface area contributed by atoms with E-state index in [9.17, 15) is 0 Å². The van der Waals surface area contributed by atoms with Gasteiger partial charge in [0, 0.05) is 18.5 Å². The Labute approximate surface area is 109 Å². The maximum atomic E-state index is 6.17. The fraction of sp³-hybridized carbons (Fsp3) is 0.533. The van der Waals surface area contributed by atoms with Crippen molar-refractivity contribution in [3.63, 3.8) is 0 Å². The molecule has 0 aliphatic heterocycles. The predicted molar refractivity (Wildman–Crippen MR) is 76.6 cm³/mol. The van der Waals surface area contributed by atoms with Crippen LogP contribution in [0.5, 0.6) is 0 Å². The van der Waals surface area contributed by atoms with Gasteiger partial charge in [-0.3, -0.25) is 0 Å². The molecule has 0 aliphatic rings. The Kier molecular flexibility index (Phi) is 3.71. The summed E-state index contributed by atoms with van der Waals surface area (Å²) in [6, 6.07) is 8.30. The molecule has 1 aromatic heterocycles. The molecule has 18 heavy (non-hydrogen) atoms. The van der Waals surface area contributed by atoms with Crippen LogP contribution in [-0.4, -0.2) is 15.1 Å². The first kappa shape index (κ1) is 13.1. The van der Waals surface area contributed by atoms with Gasteiger partial charge >= 0.3 is 0 Å². The number of benzene rings is 1. The summed E-state index contributed by atoms with van der Waals surface area (Å²) < 4.78 is 2.28. The lowest BCUT2D eigenvalue weighted by molar-refractivity contribution is 0.430. The number of fused-ring (bicyclic) bond motifs is 1. The van der Waals surface area contributed by atoms with Crippen molar-refractivity contribution in [3.05, 3.63) is 30.1 Å². The van der Waals surface area contributed by atoms with Crippen LogP contribution in [-0.2, 0) is 13.0 Å². The third-order valence-electron chi connectivity index (χ3n) is 3.05. The van der Waals surface area contributed by atoms with Crippen molar-refractivity contribution < 1.29 is 0 Å². The van der Waals surface area contributed by atoms with E-state index in [2.05, 4.69) is 43.5 Å². The standard InChI is InChI=1S/C15H23N3/c1-4-5-10-14-17-12-8-6-7-9-13(12)18(14)11-15(2,3)16/h6-9H,4-5,10-11,16H2,1-3H3. The second-order valence-electron chi connectivity index (χ2n) is 5.70. The molecule has 1 aromatic carbocycles. The number of aromatic nitrogens is 2. The van der Waals surface area contributed by atoms with Crippen molar-refractivity contribution in [1.29, 1.82) is 0 Å². The van der Waals surface area contributed by atoms with E-state index in [0.717, 1.165) is 24.3 Å². The highest BCUT2D eigenvalue weighted by atomic mass is 15.1. The quantitative estimate of drug-likeness (QED) is 0.879. The van der Waals surface area contributed by atoms with Crippen molar-refractivity contribution in [1.82, 2.24) is 9.55 Å². The van der Waals surface area contributed by atoms with Crippen molar-refractivity contribution in [3.8, 4) is 0 Å².